The van der Waals surface area contributed by atoms with Crippen molar-refractivity contribution < 1.29 is 4.42 Å². The molecule has 0 saturated heterocycles. The highest BCUT2D eigenvalue weighted by molar-refractivity contribution is 6.31. The average Bonchev–Trinajstić information content (AvgIpc) is 3.22. The average molecular weight is 323 g/mol. The van der Waals surface area contributed by atoms with Crippen molar-refractivity contribution in [2.75, 3.05) is 0 Å². The first kappa shape index (κ1) is 13.8. The number of aromatic amines is 1. The van der Waals surface area contributed by atoms with E-state index >= 15 is 0 Å². The van der Waals surface area contributed by atoms with Gasteiger partial charge in [-0.15, -0.1) is 0 Å². The molecule has 23 heavy (non-hydrogen) atoms. The van der Waals surface area contributed by atoms with E-state index in [1.807, 2.05) is 30.5 Å². The lowest BCUT2D eigenvalue weighted by molar-refractivity contribution is 0.560. The maximum Gasteiger partial charge on any atom is 0.336 e. The summed E-state index contributed by atoms with van der Waals surface area (Å²) in [5, 5.41) is 1.35. The van der Waals surface area contributed by atoms with Gasteiger partial charge in [0.1, 0.15) is 5.58 Å². The lowest BCUT2D eigenvalue weighted by atomic mass is 9.97. The van der Waals surface area contributed by atoms with E-state index in [-0.39, 0.29) is 0 Å². The number of halogens is 1. The quantitative estimate of drug-likeness (QED) is 0.720. The molecule has 0 saturated carbocycles. The van der Waals surface area contributed by atoms with Gasteiger partial charge in [-0.05, 0) is 42.5 Å². The molecular weight excluding hydrogens is 312 g/mol. The third-order valence-corrected chi connectivity index (χ3v) is 3.89. The fourth-order valence-corrected chi connectivity index (χ4v) is 2.87. The van der Waals surface area contributed by atoms with E-state index in [9.17, 15) is 4.79 Å². The number of nitrogens with zero attached hydrogens (tertiary/aromatic N) is 1. The molecule has 3 heterocycles. The first-order chi connectivity index (χ1) is 11.2. The van der Waals surface area contributed by atoms with Crippen molar-refractivity contribution in [2.45, 2.75) is 0 Å². The van der Waals surface area contributed by atoms with E-state index in [1.165, 1.54) is 6.07 Å². The zero-order chi connectivity index (χ0) is 15.8. The van der Waals surface area contributed by atoms with Crippen LogP contribution in [0.5, 0.6) is 0 Å². The second kappa shape index (κ2) is 5.41. The number of H-pyrrole nitrogens is 1. The number of nitrogens with one attached hydrogen (secondary N) is 1. The van der Waals surface area contributed by atoms with E-state index in [0.717, 1.165) is 27.9 Å². The molecule has 4 rings (SSSR count). The molecule has 4 nitrogen and oxygen atoms in total. The van der Waals surface area contributed by atoms with Crippen LogP contribution in [-0.2, 0) is 0 Å². The Hall–Kier alpha value is -2.85. The third kappa shape index (κ3) is 2.43. The first-order valence-corrected chi connectivity index (χ1v) is 7.43. The van der Waals surface area contributed by atoms with E-state index in [1.54, 1.807) is 24.4 Å². The molecule has 0 bridgehead atoms. The summed E-state index contributed by atoms with van der Waals surface area (Å²) in [7, 11) is 0. The molecule has 1 N–H and O–H groups in total. The highest BCUT2D eigenvalue weighted by Gasteiger charge is 2.17. The van der Waals surface area contributed by atoms with Crippen molar-refractivity contribution in [3.05, 3.63) is 87.1 Å². The van der Waals surface area contributed by atoms with Gasteiger partial charge in [-0.25, -0.2) is 4.79 Å². The van der Waals surface area contributed by atoms with Crippen molar-refractivity contribution >= 4 is 34.4 Å². The van der Waals surface area contributed by atoms with Gasteiger partial charge in [-0.1, -0.05) is 11.6 Å². The summed E-state index contributed by atoms with van der Waals surface area (Å²) in [6.07, 6.45) is 7.32. The van der Waals surface area contributed by atoms with Gasteiger partial charge in [0.2, 0.25) is 0 Å². The Bertz CT molecular complexity index is 1030. The van der Waals surface area contributed by atoms with Gasteiger partial charge in [0, 0.05) is 45.7 Å². The van der Waals surface area contributed by atoms with Gasteiger partial charge in [0.25, 0.3) is 0 Å². The Morgan fingerprint density at radius 2 is 2.13 bits per heavy atom. The molecule has 0 radical (unpaired) electrons. The van der Waals surface area contributed by atoms with Crippen molar-refractivity contribution in [3.63, 3.8) is 0 Å². The zero-order valence-electron chi connectivity index (χ0n) is 11.9. The standard InChI is InChI=1S/C18H11ClN2O2/c19-11-5-6-16-12(9-11)13(10-17(22)23-16)18(14-3-1-7-20-14)15-4-2-8-21-15/h1-10,20H/b18-15+. The Labute approximate surface area is 136 Å². The minimum absolute atomic E-state index is 0.412. The fraction of sp³-hybridized carbons (Fsp3) is 0. The van der Waals surface area contributed by atoms with Crippen molar-refractivity contribution in [2.24, 2.45) is 4.99 Å². The van der Waals surface area contributed by atoms with Crippen molar-refractivity contribution in [1.29, 1.82) is 0 Å². The normalized spacial score (nSPS) is 15.5. The van der Waals surface area contributed by atoms with Gasteiger partial charge in [0.05, 0.1) is 5.70 Å². The number of aromatic nitrogens is 1. The van der Waals surface area contributed by atoms with Crippen LogP contribution in [0.3, 0.4) is 0 Å². The molecule has 1 aromatic carbocycles. The summed E-state index contributed by atoms with van der Waals surface area (Å²) >= 11 is 6.13. The molecule has 0 spiro atoms. The van der Waals surface area contributed by atoms with Gasteiger partial charge in [-0.2, -0.15) is 0 Å². The molecule has 0 aliphatic carbocycles. The topological polar surface area (TPSA) is 58.4 Å². The van der Waals surface area contributed by atoms with E-state index in [4.69, 9.17) is 16.0 Å². The molecule has 0 fully saturated rings. The molecule has 3 aromatic rings. The number of rotatable bonds is 2. The molecule has 5 heteroatoms. The van der Waals surface area contributed by atoms with Gasteiger partial charge >= 0.3 is 5.63 Å². The minimum atomic E-state index is -0.412. The maximum atomic E-state index is 12.0. The second-order valence-electron chi connectivity index (χ2n) is 5.10. The van der Waals surface area contributed by atoms with E-state index < -0.39 is 5.63 Å². The largest absolute Gasteiger partial charge is 0.423 e. The molecule has 112 valence electrons. The molecule has 1 aliphatic rings. The summed E-state index contributed by atoms with van der Waals surface area (Å²) in [6.45, 7) is 0. The summed E-state index contributed by atoms with van der Waals surface area (Å²) in [5.41, 5.74) is 3.30. The number of hydrogen-bond acceptors (Lipinski definition) is 3. The molecule has 2 aromatic heterocycles. The molecule has 1 aliphatic heterocycles. The molecule has 0 amide bonds. The Morgan fingerprint density at radius 1 is 1.22 bits per heavy atom. The van der Waals surface area contributed by atoms with Crippen LogP contribution in [0.1, 0.15) is 11.3 Å². The Balaban J connectivity index is 2.12. The van der Waals surface area contributed by atoms with Crippen LogP contribution in [0, 0.1) is 0 Å². The first-order valence-electron chi connectivity index (χ1n) is 7.05. The van der Waals surface area contributed by atoms with Crippen LogP contribution >= 0.6 is 11.6 Å². The summed E-state index contributed by atoms with van der Waals surface area (Å²) < 4.78 is 5.28. The monoisotopic (exact) mass is 322 g/mol. The van der Waals surface area contributed by atoms with Gasteiger partial charge < -0.3 is 9.40 Å². The molecule has 0 atom stereocenters. The second-order valence-corrected chi connectivity index (χ2v) is 5.54. The van der Waals surface area contributed by atoms with Crippen LogP contribution in [0.25, 0.3) is 16.5 Å². The van der Waals surface area contributed by atoms with E-state index in [2.05, 4.69) is 9.98 Å². The van der Waals surface area contributed by atoms with Crippen molar-refractivity contribution in [1.82, 2.24) is 4.98 Å². The molecular formula is C18H11ClN2O2. The summed E-state index contributed by atoms with van der Waals surface area (Å²) in [4.78, 5) is 19.6. The van der Waals surface area contributed by atoms with E-state index in [0.29, 0.717) is 10.6 Å². The van der Waals surface area contributed by atoms with Crippen LogP contribution in [0.2, 0.25) is 5.02 Å². The van der Waals surface area contributed by atoms with Crippen LogP contribution < -0.4 is 5.63 Å². The van der Waals surface area contributed by atoms with Gasteiger partial charge in [0.15, 0.2) is 0 Å². The van der Waals surface area contributed by atoms with Crippen LogP contribution in [0.4, 0.5) is 0 Å². The summed E-state index contributed by atoms with van der Waals surface area (Å²) in [6, 6.07) is 10.5. The Morgan fingerprint density at radius 3 is 2.87 bits per heavy atom. The minimum Gasteiger partial charge on any atom is -0.423 e. The van der Waals surface area contributed by atoms with Crippen LogP contribution in [-0.4, -0.2) is 11.2 Å². The Kier molecular flexibility index (Phi) is 3.24. The number of hydrogen-bond donors (Lipinski definition) is 1. The van der Waals surface area contributed by atoms with Gasteiger partial charge in [-0.3, -0.25) is 4.99 Å². The molecule has 0 unspecified atom stereocenters. The lowest BCUT2D eigenvalue weighted by Gasteiger charge is -2.11. The highest BCUT2D eigenvalue weighted by Crippen LogP contribution is 2.33. The number of fused-ring (bicyclic) bond motifs is 1. The third-order valence-electron chi connectivity index (χ3n) is 3.65. The fourth-order valence-electron chi connectivity index (χ4n) is 2.70. The number of benzene rings is 1. The van der Waals surface area contributed by atoms with Crippen LogP contribution in [0.15, 0.2) is 74.6 Å². The SMILES string of the molecule is O=c1cc(/C(=C2/C=CC=N2)c2ccc[nH]2)c2cc(Cl)ccc2o1. The number of aliphatic imine (C=N–C) groups is 1. The lowest BCUT2D eigenvalue weighted by Crippen LogP contribution is -2.02. The summed E-state index contributed by atoms with van der Waals surface area (Å²) in [5.74, 6) is 0. The zero-order valence-corrected chi connectivity index (χ0v) is 12.7. The smallest absolute Gasteiger partial charge is 0.336 e. The maximum absolute atomic E-state index is 12.0. The highest BCUT2D eigenvalue weighted by atomic mass is 35.5. The predicted molar refractivity (Wildman–Crippen MR) is 91.9 cm³/mol. The van der Waals surface area contributed by atoms with Crippen molar-refractivity contribution in [3.8, 4) is 0 Å². The predicted octanol–water partition coefficient (Wildman–Crippen LogP) is 4.17. The number of allylic oxidation sites excluding steroid dienone is 2.